The molecule has 0 bridgehead atoms. The predicted octanol–water partition coefficient (Wildman–Crippen LogP) is 0.904. The van der Waals surface area contributed by atoms with Crippen LogP contribution in [0.3, 0.4) is 0 Å². The van der Waals surface area contributed by atoms with E-state index in [0.717, 1.165) is 5.56 Å². The summed E-state index contributed by atoms with van der Waals surface area (Å²) < 4.78 is 7.01. The van der Waals surface area contributed by atoms with Crippen molar-refractivity contribution in [2.24, 2.45) is 0 Å². The van der Waals surface area contributed by atoms with Crippen LogP contribution >= 0.6 is 0 Å². The van der Waals surface area contributed by atoms with E-state index in [1.54, 1.807) is 31.1 Å². The summed E-state index contributed by atoms with van der Waals surface area (Å²) in [7, 11) is 3.43. The van der Waals surface area contributed by atoms with Crippen molar-refractivity contribution < 1.29 is 14.3 Å². The second kappa shape index (κ2) is 6.54. The number of benzene rings is 1. The number of nitrogens with zero attached hydrogens (tertiary/aromatic N) is 3. The van der Waals surface area contributed by atoms with E-state index in [4.69, 9.17) is 4.74 Å². The van der Waals surface area contributed by atoms with Crippen LogP contribution in [0.4, 0.5) is 5.95 Å². The van der Waals surface area contributed by atoms with Crippen LogP contribution in [0.2, 0.25) is 0 Å². The minimum absolute atomic E-state index is 0.0200. The van der Waals surface area contributed by atoms with Crippen LogP contribution in [-0.2, 0) is 16.1 Å². The lowest BCUT2D eigenvalue weighted by atomic mass is 10.1. The molecule has 0 fully saturated rings. The number of carbonyl (C=O) groups excluding carboxylic acids is 2. The molecule has 0 unspecified atom stereocenters. The molecule has 0 saturated heterocycles. The van der Waals surface area contributed by atoms with Gasteiger partial charge >= 0.3 is 0 Å². The molecule has 1 aromatic heterocycles. The van der Waals surface area contributed by atoms with Gasteiger partial charge in [0.2, 0.25) is 17.8 Å². The molecule has 2 amide bonds. The van der Waals surface area contributed by atoms with Gasteiger partial charge in [0, 0.05) is 20.5 Å². The Morgan fingerprint density at radius 1 is 1.36 bits per heavy atom. The van der Waals surface area contributed by atoms with E-state index >= 15 is 0 Å². The van der Waals surface area contributed by atoms with Crippen molar-refractivity contribution in [2.45, 2.75) is 26.3 Å². The van der Waals surface area contributed by atoms with Crippen molar-refractivity contribution in [3.63, 3.8) is 0 Å². The van der Waals surface area contributed by atoms with Gasteiger partial charge in [0.05, 0.1) is 17.5 Å². The summed E-state index contributed by atoms with van der Waals surface area (Å²) in [5.41, 5.74) is 1.07. The molecule has 8 heteroatoms. The van der Waals surface area contributed by atoms with E-state index in [0.29, 0.717) is 36.1 Å². The van der Waals surface area contributed by atoms with Crippen LogP contribution in [-0.4, -0.2) is 47.0 Å². The van der Waals surface area contributed by atoms with Gasteiger partial charge in [-0.1, -0.05) is 0 Å². The van der Waals surface area contributed by atoms with Gasteiger partial charge in [0.15, 0.2) is 0 Å². The third-order valence-electron chi connectivity index (χ3n) is 4.08. The van der Waals surface area contributed by atoms with E-state index in [1.807, 2.05) is 6.92 Å². The van der Waals surface area contributed by atoms with Gasteiger partial charge in [-0.25, -0.2) is 4.98 Å². The Balaban J connectivity index is 1.81. The minimum atomic E-state index is -0.269. The maximum Gasteiger partial charge on any atom is 0.263 e. The fourth-order valence-corrected chi connectivity index (χ4v) is 2.74. The summed E-state index contributed by atoms with van der Waals surface area (Å²) in [4.78, 5) is 41.5. The molecule has 132 valence electrons. The zero-order valence-electron chi connectivity index (χ0n) is 14.5. The number of aromatic nitrogens is 2. The first-order valence-corrected chi connectivity index (χ1v) is 8.05. The zero-order valence-corrected chi connectivity index (χ0v) is 14.5. The normalized spacial score (nSPS) is 12.8. The lowest BCUT2D eigenvalue weighted by Gasteiger charge is -2.12. The molecule has 2 aromatic rings. The maximum atomic E-state index is 12.6. The van der Waals surface area contributed by atoms with Gasteiger partial charge in [-0.05, 0) is 31.0 Å². The summed E-state index contributed by atoms with van der Waals surface area (Å²) in [6.07, 6.45) is 0.999. The Hall–Kier alpha value is -2.90. The molecule has 1 N–H and O–H groups in total. The lowest BCUT2D eigenvalue weighted by molar-refractivity contribution is -0.128. The summed E-state index contributed by atoms with van der Waals surface area (Å²) in [6.45, 7) is 2.20. The molecule has 1 aliphatic heterocycles. The topological polar surface area (TPSA) is 93.5 Å². The molecule has 8 nitrogen and oxygen atoms in total. The molecule has 3 rings (SSSR count). The Bertz CT molecular complexity index is 917. The average Bonchev–Trinajstić information content (AvgIpc) is 2.93. The molecular weight excluding hydrogens is 324 g/mol. The first-order valence-electron chi connectivity index (χ1n) is 8.05. The third kappa shape index (κ3) is 3.33. The van der Waals surface area contributed by atoms with E-state index in [-0.39, 0.29) is 29.9 Å². The smallest absolute Gasteiger partial charge is 0.263 e. The standard InChI is InChI=1S/C17H20N4O4/c1-10-7-11(25-6-4-5-14(23)20(2)3)8-12-15(10)19-17-18-13(22)9-21(17)16(12)24/h7-8H,4-6,9H2,1-3H3,(H,18,19,22). The monoisotopic (exact) mass is 344 g/mol. The summed E-state index contributed by atoms with van der Waals surface area (Å²) in [6, 6.07) is 3.44. The number of nitrogens with one attached hydrogen (secondary N) is 1. The van der Waals surface area contributed by atoms with Crippen LogP contribution in [0.5, 0.6) is 5.75 Å². The SMILES string of the molecule is Cc1cc(OCCCC(=O)N(C)C)cc2c(=O)n3c(nc12)NC(=O)C3. The molecule has 1 aromatic carbocycles. The number of amides is 2. The highest BCUT2D eigenvalue weighted by Crippen LogP contribution is 2.24. The van der Waals surface area contributed by atoms with Gasteiger partial charge in [-0.2, -0.15) is 0 Å². The number of aryl methyl sites for hydroxylation is 1. The molecule has 25 heavy (non-hydrogen) atoms. The molecule has 0 aliphatic carbocycles. The van der Waals surface area contributed by atoms with E-state index in [1.165, 1.54) is 4.57 Å². The molecule has 0 spiro atoms. The molecule has 0 saturated carbocycles. The van der Waals surface area contributed by atoms with Gasteiger partial charge in [0.25, 0.3) is 5.56 Å². The van der Waals surface area contributed by atoms with E-state index in [9.17, 15) is 14.4 Å². The minimum Gasteiger partial charge on any atom is -0.494 e. The predicted molar refractivity (Wildman–Crippen MR) is 92.8 cm³/mol. The highest BCUT2D eigenvalue weighted by Gasteiger charge is 2.22. The van der Waals surface area contributed by atoms with Crippen molar-refractivity contribution in [3.05, 3.63) is 28.0 Å². The van der Waals surface area contributed by atoms with E-state index < -0.39 is 0 Å². The molecule has 0 radical (unpaired) electrons. The largest absolute Gasteiger partial charge is 0.494 e. The van der Waals surface area contributed by atoms with E-state index in [2.05, 4.69) is 10.3 Å². The van der Waals surface area contributed by atoms with Crippen LogP contribution in [0.1, 0.15) is 18.4 Å². The van der Waals surface area contributed by atoms with Crippen molar-refractivity contribution in [1.82, 2.24) is 14.5 Å². The molecule has 2 heterocycles. The summed E-state index contributed by atoms with van der Waals surface area (Å²) in [5, 5.41) is 3.00. The number of fused-ring (bicyclic) bond motifs is 2. The molecule has 0 atom stereocenters. The zero-order chi connectivity index (χ0) is 18.1. The fraction of sp³-hybridized carbons (Fsp3) is 0.412. The van der Waals surface area contributed by atoms with Crippen molar-refractivity contribution in [1.29, 1.82) is 0 Å². The van der Waals surface area contributed by atoms with Gasteiger partial charge in [-0.15, -0.1) is 0 Å². The highest BCUT2D eigenvalue weighted by atomic mass is 16.5. The third-order valence-corrected chi connectivity index (χ3v) is 4.08. The Labute approximate surface area is 144 Å². The van der Waals surface area contributed by atoms with Gasteiger partial charge in [-0.3, -0.25) is 24.3 Å². The van der Waals surface area contributed by atoms with Crippen molar-refractivity contribution in [3.8, 4) is 5.75 Å². The van der Waals surface area contributed by atoms with Crippen LogP contribution in [0.15, 0.2) is 16.9 Å². The number of rotatable bonds is 5. The van der Waals surface area contributed by atoms with Crippen molar-refractivity contribution in [2.75, 3.05) is 26.0 Å². The Kier molecular flexibility index (Phi) is 4.43. The number of hydrogen-bond acceptors (Lipinski definition) is 5. The molecule has 1 aliphatic rings. The van der Waals surface area contributed by atoms with Crippen LogP contribution in [0, 0.1) is 6.92 Å². The molecular formula is C17H20N4O4. The second-order valence-corrected chi connectivity index (χ2v) is 6.25. The van der Waals surface area contributed by atoms with Crippen molar-refractivity contribution >= 4 is 28.7 Å². The highest BCUT2D eigenvalue weighted by molar-refractivity contribution is 5.94. The first kappa shape index (κ1) is 16.9. The number of hydrogen-bond donors (Lipinski definition) is 1. The number of anilines is 1. The Morgan fingerprint density at radius 2 is 2.12 bits per heavy atom. The quantitative estimate of drug-likeness (QED) is 0.814. The number of ether oxygens (including phenoxy) is 1. The Morgan fingerprint density at radius 3 is 2.84 bits per heavy atom. The average molecular weight is 344 g/mol. The van der Waals surface area contributed by atoms with Gasteiger partial charge < -0.3 is 9.64 Å². The first-order chi connectivity index (χ1) is 11.9. The lowest BCUT2D eigenvalue weighted by Crippen LogP contribution is -2.21. The summed E-state index contributed by atoms with van der Waals surface area (Å²) >= 11 is 0. The van der Waals surface area contributed by atoms with Gasteiger partial charge in [0.1, 0.15) is 12.3 Å². The summed E-state index contributed by atoms with van der Waals surface area (Å²) in [5.74, 6) is 0.633. The number of carbonyl (C=O) groups is 2. The second-order valence-electron chi connectivity index (χ2n) is 6.25. The maximum absolute atomic E-state index is 12.6. The van der Waals surface area contributed by atoms with Crippen LogP contribution in [0.25, 0.3) is 10.9 Å². The fourth-order valence-electron chi connectivity index (χ4n) is 2.74. The van der Waals surface area contributed by atoms with Crippen LogP contribution < -0.4 is 15.6 Å².